The highest BCUT2D eigenvalue weighted by atomic mass is 35.5. The molecular formula is C11H15ClN2O5S. The van der Waals surface area contributed by atoms with Gasteiger partial charge in [0.15, 0.2) is 0 Å². The third kappa shape index (κ3) is 4.41. The van der Waals surface area contributed by atoms with E-state index in [0.29, 0.717) is 6.61 Å². The minimum absolute atomic E-state index is 0.0350. The van der Waals surface area contributed by atoms with Gasteiger partial charge in [0.05, 0.1) is 9.95 Å². The molecule has 1 aromatic rings. The van der Waals surface area contributed by atoms with Crippen LogP contribution in [0.5, 0.6) is 0 Å². The van der Waals surface area contributed by atoms with Gasteiger partial charge >= 0.3 is 0 Å². The molecule has 7 nitrogen and oxygen atoms in total. The standard InChI is InChI=1S/C11H15ClN2O5S/c1-8(7-19-2)6-13-20(17,18)11-5-9(14(15)16)3-4-10(11)12/h3-5,8,13H,6-7H2,1-2H3. The minimum atomic E-state index is -3.90. The van der Waals surface area contributed by atoms with E-state index in [9.17, 15) is 18.5 Å². The highest BCUT2D eigenvalue weighted by Crippen LogP contribution is 2.25. The Kier molecular flexibility index (Phi) is 5.88. The van der Waals surface area contributed by atoms with E-state index in [1.807, 2.05) is 0 Å². The molecule has 0 radical (unpaired) electrons. The van der Waals surface area contributed by atoms with Crippen molar-refractivity contribution in [3.8, 4) is 0 Å². The lowest BCUT2D eigenvalue weighted by Crippen LogP contribution is -2.30. The molecule has 0 aromatic heterocycles. The Morgan fingerprint density at radius 1 is 1.50 bits per heavy atom. The number of sulfonamides is 1. The molecule has 0 fully saturated rings. The molecule has 0 aliphatic heterocycles. The first-order valence-corrected chi connectivity index (χ1v) is 7.56. The van der Waals surface area contributed by atoms with Crippen LogP contribution in [0.4, 0.5) is 5.69 Å². The van der Waals surface area contributed by atoms with Crippen LogP contribution < -0.4 is 4.72 Å². The fourth-order valence-electron chi connectivity index (χ4n) is 1.48. The van der Waals surface area contributed by atoms with Crippen LogP contribution in [0.25, 0.3) is 0 Å². The molecule has 20 heavy (non-hydrogen) atoms. The summed E-state index contributed by atoms with van der Waals surface area (Å²) < 4.78 is 31.4. The first-order chi connectivity index (χ1) is 9.27. The monoisotopic (exact) mass is 322 g/mol. The van der Waals surface area contributed by atoms with Crippen molar-refractivity contribution in [1.82, 2.24) is 4.72 Å². The van der Waals surface area contributed by atoms with E-state index in [-0.39, 0.29) is 28.1 Å². The first kappa shape index (κ1) is 16.8. The number of hydrogen-bond acceptors (Lipinski definition) is 5. The van der Waals surface area contributed by atoms with Gasteiger partial charge in [-0.05, 0) is 12.0 Å². The fourth-order valence-corrected chi connectivity index (χ4v) is 3.17. The molecule has 0 saturated heterocycles. The van der Waals surface area contributed by atoms with E-state index in [4.69, 9.17) is 16.3 Å². The molecule has 0 bridgehead atoms. The lowest BCUT2D eigenvalue weighted by atomic mass is 10.2. The number of hydrogen-bond donors (Lipinski definition) is 1. The summed E-state index contributed by atoms with van der Waals surface area (Å²) in [7, 11) is -2.39. The summed E-state index contributed by atoms with van der Waals surface area (Å²) in [6.07, 6.45) is 0. The predicted octanol–water partition coefficient (Wildman–Crippen LogP) is 1.81. The number of nitrogens with one attached hydrogen (secondary N) is 1. The Morgan fingerprint density at radius 3 is 2.70 bits per heavy atom. The largest absolute Gasteiger partial charge is 0.384 e. The summed E-state index contributed by atoms with van der Waals surface area (Å²) in [5, 5.41) is 10.6. The normalized spacial score (nSPS) is 13.2. The summed E-state index contributed by atoms with van der Waals surface area (Å²) in [5.41, 5.74) is -0.334. The number of ether oxygens (including phenoxy) is 1. The molecule has 9 heteroatoms. The van der Waals surface area contributed by atoms with E-state index < -0.39 is 14.9 Å². The van der Waals surface area contributed by atoms with Crippen molar-refractivity contribution in [3.05, 3.63) is 33.3 Å². The Morgan fingerprint density at radius 2 is 2.15 bits per heavy atom. The summed E-state index contributed by atoms with van der Waals surface area (Å²) in [4.78, 5) is 9.69. The summed E-state index contributed by atoms with van der Waals surface area (Å²) >= 11 is 5.80. The predicted molar refractivity (Wildman–Crippen MR) is 74.3 cm³/mol. The molecule has 1 unspecified atom stereocenters. The second kappa shape index (κ2) is 6.98. The van der Waals surface area contributed by atoms with Crippen molar-refractivity contribution in [2.45, 2.75) is 11.8 Å². The average molecular weight is 323 g/mol. The first-order valence-electron chi connectivity index (χ1n) is 5.70. The van der Waals surface area contributed by atoms with E-state index >= 15 is 0 Å². The van der Waals surface area contributed by atoms with Crippen LogP contribution >= 0.6 is 11.6 Å². The molecule has 1 aromatic carbocycles. The lowest BCUT2D eigenvalue weighted by Gasteiger charge is -2.12. The van der Waals surface area contributed by atoms with E-state index in [0.717, 1.165) is 12.1 Å². The Labute approximate surface area is 122 Å². The summed E-state index contributed by atoms with van der Waals surface area (Å²) in [5.74, 6) is -0.0350. The van der Waals surface area contributed by atoms with Crippen LogP contribution in [-0.4, -0.2) is 33.6 Å². The molecule has 1 rings (SSSR count). The smallest absolute Gasteiger partial charge is 0.270 e. The van der Waals surface area contributed by atoms with Crippen molar-refractivity contribution in [2.75, 3.05) is 20.3 Å². The molecule has 0 aliphatic carbocycles. The van der Waals surface area contributed by atoms with Crippen LogP contribution in [0.15, 0.2) is 23.1 Å². The number of benzene rings is 1. The molecule has 0 amide bonds. The van der Waals surface area contributed by atoms with Gasteiger partial charge in [-0.25, -0.2) is 13.1 Å². The molecule has 1 N–H and O–H groups in total. The molecule has 0 aliphatic rings. The number of nitro benzene ring substituents is 1. The van der Waals surface area contributed by atoms with Crippen LogP contribution in [0.2, 0.25) is 5.02 Å². The molecule has 1 atom stereocenters. The van der Waals surface area contributed by atoms with Gasteiger partial charge in [0.25, 0.3) is 5.69 Å². The number of methoxy groups -OCH3 is 1. The molecule has 0 spiro atoms. The lowest BCUT2D eigenvalue weighted by molar-refractivity contribution is -0.385. The zero-order valence-electron chi connectivity index (χ0n) is 11.0. The Bertz CT molecular complexity index is 590. The van der Waals surface area contributed by atoms with Gasteiger partial charge in [0.2, 0.25) is 10.0 Å². The van der Waals surface area contributed by atoms with Crippen molar-refractivity contribution >= 4 is 27.3 Å². The maximum Gasteiger partial charge on any atom is 0.270 e. The van der Waals surface area contributed by atoms with Crippen LogP contribution in [0.3, 0.4) is 0 Å². The van der Waals surface area contributed by atoms with E-state index in [2.05, 4.69) is 4.72 Å². The van der Waals surface area contributed by atoms with Crippen LogP contribution in [-0.2, 0) is 14.8 Å². The minimum Gasteiger partial charge on any atom is -0.384 e. The van der Waals surface area contributed by atoms with Gasteiger partial charge in [-0.15, -0.1) is 0 Å². The number of non-ortho nitro benzene ring substituents is 1. The topological polar surface area (TPSA) is 98.5 Å². The number of halogens is 1. The third-order valence-corrected chi connectivity index (χ3v) is 4.39. The van der Waals surface area contributed by atoms with Crippen molar-refractivity contribution < 1.29 is 18.1 Å². The SMILES string of the molecule is COCC(C)CNS(=O)(=O)c1cc([N+](=O)[O-])ccc1Cl. The van der Waals surface area contributed by atoms with Crippen molar-refractivity contribution in [1.29, 1.82) is 0 Å². The average Bonchev–Trinajstić information content (AvgIpc) is 2.37. The van der Waals surface area contributed by atoms with Gasteiger partial charge in [-0.1, -0.05) is 18.5 Å². The summed E-state index contributed by atoms with van der Waals surface area (Å²) in [6, 6.07) is 3.27. The second-order valence-corrected chi connectivity index (χ2v) is 6.43. The molecule has 0 heterocycles. The van der Waals surface area contributed by atoms with Gasteiger partial charge in [-0.3, -0.25) is 10.1 Å². The van der Waals surface area contributed by atoms with Crippen LogP contribution in [0.1, 0.15) is 6.92 Å². The molecule has 0 saturated carbocycles. The van der Waals surface area contributed by atoms with Crippen molar-refractivity contribution in [2.24, 2.45) is 5.92 Å². The maximum atomic E-state index is 12.1. The maximum absolute atomic E-state index is 12.1. The van der Waals surface area contributed by atoms with Gasteiger partial charge < -0.3 is 4.74 Å². The quantitative estimate of drug-likeness (QED) is 0.609. The second-order valence-electron chi connectivity index (χ2n) is 4.28. The molecule has 112 valence electrons. The number of nitro groups is 1. The van der Waals surface area contributed by atoms with E-state index in [1.54, 1.807) is 6.92 Å². The van der Waals surface area contributed by atoms with Crippen molar-refractivity contribution in [3.63, 3.8) is 0 Å². The Balaban J connectivity index is 2.97. The van der Waals surface area contributed by atoms with Crippen LogP contribution in [0, 0.1) is 16.0 Å². The third-order valence-electron chi connectivity index (χ3n) is 2.49. The highest BCUT2D eigenvalue weighted by molar-refractivity contribution is 7.89. The fraction of sp³-hybridized carbons (Fsp3) is 0.455. The van der Waals surface area contributed by atoms with Gasteiger partial charge in [-0.2, -0.15) is 0 Å². The molecular weight excluding hydrogens is 308 g/mol. The van der Waals surface area contributed by atoms with E-state index in [1.165, 1.54) is 13.2 Å². The zero-order valence-corrected chi connectivity index (χ0v) is 12.6. The summed E-state index contributed by atoms with van der Waals surface area (Å²) in [6.45, 7) is 2.35. The highest BCUT2D eigenvalue weighted by Gasteiger charge is 2.21. The van der Waals surface area contributed by atoms with Gasteiger partial charge in [0, 0.05) is 32.4 Å². The van der Waals surface area contributed by atoms with Gasteiger partial charge in [0.1, 0.15) is 4.90 Å². The number of nitrogens with zero attached hydrogens (tertiary/aromatic N) is 1. The Hall–Kier alpha value is -1.22. The zero-order chi connectivity index (χ0) is 15.3. The number of rotatable bonds is 7.